The molecule has 132 valence electrons. The summed E-state index contributed by atoms with van der Waals surface area (Å²) in [6, 6.07) is 6.77. The van der Waals surface area contributed by atoms with Gasteiger partial charge in [-0.05, 0) is 49.1 Å². The molecule has 0 N–H and O–H groups in total. The highest BCUT2D eigenvalue weighted by Crippen LogP contribution is 2.56. The number of nitrogens with zero attached hydrogens (tertiary/aromatic N) is 1. The van der Waals surface area contributed by atoms with Gasteiger partial charge in [-0.1, -0.05) is 26.0 Å². The highest BCUT2D eigenvalue weighted by Gasteiger charge is 2.61. The summed E-state index contributed by atoms with van der Waals surface area (Å²) in [6.07, 6.45) is 3.08. The summed E-state index contributed by atoms with van der Waals surface area (Å²) in [7, 11) is 0. The fourth-order valence-corrected chi connectivity index (χ4v) is 4.81. The lowest BCUT2D eigenvalue weighted by Gasteiger charge is -2.20. The van der Waals surface area contributed by atoms with Crippen LogP contribution in [0.3, 0.4) is 0 Å². The van der Waals surface area contributed by atoms with E-state index in [9.17, 15) is 14.4 Å². The van der Waals surface area contributed by atoms with Gasteiger partial charge in [-0.2, -0.15) is 0 Å². The van der Waals surface area contributed by atoms with Gasteiger partial charge in [-0.15, -0.1) is 0 Å². The van der Waals surface area contributed by atoms with E-state index in [1.165, 1.54) is 4.90 Å². The first-order valence-corrected chi connectivity index (χ1v) is 9.13. The zero-order chi connectivity index (χ0) is 17.7. The zero-order valence-electron chi connectivity index (χ0n) is 14.6. The maximum Gasteiger partial charge on any atom is 0.340 e. The molecule has 3 fully saturated rings. The van der Waals surface area contributed by atoms with Crippen LogP contribution in [-0.4, -0.2) is 24.4 Å². The number of amides is 2. The number of para-hydroxylation sites is 1. The Kier molecular flexibility index (Phi) is 3.89. The normalized spacial score (nSPS) is 30.3. The Hall–Kier alpha value is -2.17. The number of ether oxygens (including phenoxy) is 1. The topological polar surface area (TPSA) is 63.7 Å². The number of hydrogen-bond acceptors (Lipinski definition) is 4. The minimum atomic E-state index is -0.482. The largest absolute Gasteiger partial charge is 0.462 e. The molecule has 1 aromatic carbocycles. The molecule has 1 saturated heterocycles. The van der Waals surface area contributed by atoms with Gasteiger partial charge in [0.05, 0.1) is 29.7 Å². The number of benzene rings is 1. The first kappa shape index (κ1) is 16.3. The molecule has 2 aliphatic carbocycles. The van der Waals surface area contributed by atoms with Crippen LogP contribution >= 0.6 is 0 Å². The fourth-order valence-electron chi connectivity index (χ4n) is 4.81. The van der Waals surface area contributed by atoms with Crippen LogP contribution in [-0.2, 0) is 14.3 Å². The van der Waals surface area contributed by atoms with Gasteiger partial charge in [-0.25, -0.2) is 9.69 Å². The van der Waals surface area contributed by atoms with Crippen molar-refractivity contribution in [3.8, 4) is 0 Å². The summed E-state index contributed by atoms with van der Waals surface area (Å²) in [6.45, 7) is 4.23. The Balaban J connectivity index is 1.65. The summed E-state index contributed by atoms with van der Waals surface area (Å²) in [5.41, 5.74) is 0.664. The molecule has 25 heavy (non-hydrogen) atoms. The predicted octanol–water partition coefficient (Wildman–Crippen LogP) is 3.03. The molecule has 1 aliphatic heterocycles. The smallest absolute Gasteiger partial charge is 0.340 e. The second-order valence-corrected chi connectivity index (χ2v) is 7.91. The van der Waals surface area contributed by atoms with Gasteiger partial charge < -0.3 is 4.74 Å². The number of fused-ring (bicyclic) bond motifs is 5. The third-order valence-electron chi connectivity index (χ3n) is 5.84. The number of carbonyl (C=O) groups is 3. The second-order valence-electron chi connectivity index (χ2n) is 7.91. The van der Waals surface area contributed by atoms with Crippen LogP contribution in [0.4, 0.5) is 5.69 Å². The highest BCUT2D eigenvalue weighted by atomic mass is 16.5. The monoisotopic (exact) mass is 341 g/mol. The molecule has 1 heterocycles. The molecule has 2 bridgehead atoms. The van der Waals surface area contributed by atoms with Crippen molar-refractivity contribution < 1.29 is 19.1 Å². The molecule has 0 radical (unpaired) electrons. The van der Waals surface area contributed by atoms with Crippen molar-refractivity contribution in [1.82, 2.24) is 0 Å². The van der Waals surface area contributed by atoms with Crippen molar-refractivity contribution in [3.05, 3.63) is 29.8 Å². The molecule has 1 aromatic rings. The molecule has 2 amide bonds. The lowest BCUT2D eigenvalue weighted by atomic mass is 9.81. The molecule has 4 rings (SSSR count). The van der Waals surface area contributed by atoms with Crippen LogP contribution in [0.1, 0.15) is 43.5 Å². The highest BCUT2D eigenvalue weighted by molar-refractivity contribution is 6.24. The molecule has 5 nitrogen and oxygen atoms in total. The Morgan fingerprint density at radius 1 is 1.12 bits per heavy atom. The van der Waals surface area contributed by atoms with Crippen LogP contribution < -0.4 is 4.90 Å². The summed E-state index contributed by atoms with van der Waals surface area (Å²) in [5, 5.41) is 0. The Labute approximate surface area is 147 Å². The Morgan fingerprint density at radius 2 is 1.72 bits per heavy atom. The van der Waals surface area contributed by atoms with Crippen molar-refractivity contribution in [2.75, 3.05) is 11.5 Å². The molecule has 0 spiro atoms. The fraction of sp³-hybridized carbons (Fsp3) is 0.550. The number of carbonyl (C=O) groups excluding carboxylic acids is 3. The van der Waals surface area contributed by atoms with Crippen molar-refractivity contribution in [2.45, 2.75) is 33.1 Å². The van der Waals surface area contributed by atoms with E-state index >= 15 is 0 Å². The summed E-state index contributed by atoms with van der Waals surface area (Å²) in [5.74, 6) is -0.242. The van der Waals surface area contributed by atoms with Crippen LogP contribution in [0.25, 0.3) is 0 Å². The van der Waals surface area contributed by atoms with E-state index in [4.69, 9.17) is 4.74 Å². The molecule has 4 unspecified atom stereocenters. The average Bonchev–Trinajstić information content (AvgIpc) is 3.27. The van der Waals surface area contributed by atoms with Gasteiger partial charge in [0.25, 0.3) is 0 Å². The minimum Gasteiger partial charge on any atom is -0.462 e. The quantitative estimate of drug-likeness (QED) is 0.624. The molecule has 3 aliphatic rings. The standard InChI is InChI=1S/C20H23NO4/c1-11(2)10-25-20(24)14-5-3-4-6-15(14)21-18(22)16-12-7-8-13(9-12)17(16)19(21)23/h3-6,11-13,16-17H,7-10H2,1-2H3. The van der Waals surface area contributed by atoms with Gasteiger partial charge in [0, 0.05) is 0 Å². The van der Waals surface area contributed by atoms with Crippen LogP contribution in [0.15, 0.2) is 24.3 Å². The van der Waals surface area contributed by atoms with Gasteiger partial charge in [0.2, 0.25) is 11.8 Å². The number of rotatable bonds is 4. The third kappa shape index (κ3) is 2.48. The van der Waals surface area contributed by atoms with Crippen molar-refractivity contribution in [1.29, 1.82) is 0 Å². The van der Waals surface area contributed by atoms with Crippen LogP contribution in [0.5, 0.6) is 0 Å². The maximum absolute atomic E-state index is 13.0. The predicted molar refractivity (Wildman–Crippen MR) is 91.9 cm³/mol. The molecule has 5 heteroatoms. The van der Waals surface area contributed by atoms with Crippen molar-refractivity contribution in [3.63, 3.8) is 0 Å². The molecule has 0 aromatic heterocycles. The van der Waals surface area contributed by atoms with Crippen LogP contribution in [0, 0.1) is 29.6 Å². The van der Waals surface area contributed by atoms with Crippen LogP contribution in [0.2, 0.25) is 0 Å². The Morgan fingerprint density at radius 3 is 2.32 bits per heavy atom. The van der Waals surface area contributed by atoms with Gasteiger partial charge in [-0.3, -0.25) is 9.59 Å². The SMILES string of the molecule is CC(C)COC(=O)c1ccccc1N1C(=O)C2C3CCC(C3)C2C1=O. The number of hydrogen-bond donors (Lipinski definition) is 0. The molecule has 2 saturated carbocycles. The number of anilines is 1. The van der Waals surface area contributed by atoms with E-state index in [1.807, 2.05) is 13.8 Å². The van der Waals surface area contributed by atoms with E-state index in [2.05, 4.69) is 0 Å². The maximum atomic E-state index is 13.0. The summed E-state index contributed by atoms with van der Waals surface area (Å²) < 4.78 is 5.32. The molecule has 4 atom stereocenters. The summed E-state index contributed by atoms with van der Waals surface area (Å²) in [4.78, 5) is 39.7. The van der Waals surface area contributed by atoms with E-state index < -0.39 is 5.97 Å². The van der Waals surface area contributed by atoms with E-state index in [1.54, 1.807) is 24.3 Å². The zero-order valence-corrected chi connectivity index (χ0v) is 14.6. The first-order valence-electron chi connectivity index (χ1n) is 9.13. The number of esters is 1. The molecular formula is C20H23NO4. The summed E-state index contributed by atoms with van der Waals surface area (Å²) >= 11 is 0. The second kappa shape index (κ2) is 5.97. The average molecular weight is 341 g/mol. The third-order valence-corrected chi connectivity index (χ3v) is 5.84. The van der Waals surface area contributed by atoms with E-state index in [0.717, 1.165) is 19.3 Å². The van der Waals surface area contributed by atoms with Gasteiger partial charge >= 0.3 is 5.97 Å². The Bertz CT molecular complexity index is 713. The first-order chi connectivity index (χ1) is 12.0. The van der Waals surface area contributed by atoms with Gasteiger partial charge in [0.15, 0.2) is 0 Å². The lowest BCUT2D eigenvalue weighted by Crippen LogP contribution is -2.34. The van der Waals surface area contributed by atoms with E-state index in [0.29, 0.717) is 24.1 Å². The number of imide groups is 1. The lowest BCUT2D eigenvalue weighted by molar-refractivity contribution is -0.123. The van der Waals surface area contributed by atoms with Crippen molar-refractivity contribution in [2.24, 2.45) is 29.6 Å². The van der Waals surface area contributed by atoms with Gasteiger partial charge in [0.1, 0.15) is 0 Å². The molecular weight excluding hydrogens is 318 g/mol. The van der Waals surface area contributed by atoms with E-state index in [-0.39, 0.29) is 35.1 Å². The van der Waals surface area contributed by atoms with Crippen molar-refractivity contribution >= 4 is 23.5 Å². The minimum absolute atomic E-state index is 0.133.